The quantitative estimate of drug-likeness (QED) is 0.626. The molecular formula is C12H10ClN3O3. The second-order valence-corrected chi connectivity index (χ2v) is 4.81. The van der Waals surface area contributed by atoms with Crippen LogP contribution in [-0.4, -0.2) is 20.6 Å². The number of imidazole rings is 1. The number of ether oxygens (including phenoxy) is 1. The number of hydrogen-bond acceptors (Lipinski definition) is 4. The van der Waals surface area contributed by atoms with Gasteiger partial charge in [0.15, 0.2) is 5.69 Å². The van der Waals surface area contributed by atoms with Crippen LogP contribution < -0.4 is 4.74 Å². The highest BCUT2D eigenvalue weighted by Gasteiger charge is 2.36. The highest BCUT2D eigenvalue weighted by Crippen LogP contribution is 2.37. The van der Waals surface area contributed by atoms with Gasteiger partial charge in [-0.2, -0.15) is 9.55 Å². The van der Waals surface area contributed by atoms with E-state index < -0.39 is 4.92 Å². The molecule has 1 aromatic carbocycles. The van der Waals surface area contributed by atoms with E-state index in [0.29, 0.717) is 28.8 Å². The van der Waals surface area contributed by atoms with Gasteiger partial charge in [-0.25, -0.2) is 0 Å². The van der Waals surface area contributed by atoms with Crippen molar-refractivity contribution in [2.24, 2.45) is 0 Å². The Morgan fingerprint density at radius 3 is 2.79 bits per heavy atom. The van der Waals surface area contributed by atoms with Crippen molar-refractivity contribution in [3.63, 3.8) is 0 Å². The van der Waals surface area contributed by atoms with Crippen LogP contribution in [0.1, 0.15) is 6.92 Å². The highest BCUT2D eigenvalue weighted by atomic mass is 35.5. The van der Waals surface area contributed by atoms with Crippen LogP contribution in [0, 0.1) is 10.1 Å². The number of nitrogens with zero attached hydrogens (tertiary/aromatic N) is 3. The molecule has 1 atom stereocenters. The Morgan fingerprint density at radius 2 is 2.16 bits per heavy atom. The summed E-state index contributed by atoms with van der Waals surface area (Å²) in [6, 6.07) is 7.06. The van der Waals surface area contributed by atoms with Gasteiger partial charge in [0.25, 0.3) is 0 Å². The first kappa shape index (κ1) is 12.0. The summed E-state index contributed by atoms with van der Waals surface area (Å²) in [4.78, 5) is 15.0. The summed E-state index contributed by atoms with van der Waals surface area (Å²) in [5.41, 5.74) is 0.956. The van der Waals surface area contributed by atoms with Crippen LogP contribution in [0.5, 0.6) is 6.01 Å². The molecule has 1 aliphatic rings. The summed E-state index contributed by atoms with van der Waals surface area (Å²) in [6.07, 6.45) is -0.0968. The molecule has 0 amide bonds. The molecule has 3 rings (SSSR count). The fraction of sp³-hybridized carbons (Fsp3) is 0.250. The molecule has 19 heavy (non-hydrogen) atoms. The van der Waals surface area contributed by atoms with Gasteiger partial charge in [-0.3, -0.25) is 0 Å². The van der Waals surface area contributed by atoms with Crippen molar-refractivity contribution in [1.82, 2.24) is 9.55 Å². The third-order valence-corrected chi connectivity index (χ3v) is 3.19. The number of hydrogen-bond donors (Lipinski definition) is 0. The first-order valence-corrected chi connectivity index (χ1v) is 6.11. The standard InChI is InChI=1S/C12H10ClN3O3/c1-7-6-15-11(16(17)18)10(14-12(15)19-7)8-2-4-9(13)5-3-8/h2-5,7H,6H2,1H3. The van der Waals surface area contributed by atoms with Crippen molar-refractivity contribution in [1.29, 1.82) is 0 Å². The van der Waals surface area contributed by atoms with Gasteiger partial charge in [-0.15, -0.1) is 0 Å². The Balaban J connectivity index is 2.15. The maximum absolute atomic E-state index is 11.3. The molecule has 98 valence electrons. The SMILES string of the molecule is CC1Cn2c(nc(-c3ccc(Cl)cc3)c2[N+](=O)[O-])O1. The summed E-state index contributed by atoms with van der Waals surface area (Å²) in [5.74, 6) is -0.0401. The monoisotopic (exact) mass is 279 g/mol. The number of aromatic nitrogens is 2. The fourth-order valence-electron chi connectivity index (χ4n) is 2.14. The largest absolute Gasteiger partial charge is 0.440 e. The lowest BCUT2D eigenvalue weighted by Gasteiger charge is -2.02. The summed E-state index contributed by atoms with van der Waals surface area (Å²) in [7, 11) is 0. The Hall–Kier alpha value is -2.08. The minimum absolute atomic E-state index is 0.0401. The zero-order chi connectivity index (χ0) is 13.6. The van der Waals surface area contributed by atoms with E-state index in [4.69, 9.17) is 16.3 Å². The minimum atomic E-state index is -0.429. The highest BCUT2D eigenvalue weighted by molar-refractivity contribution is 6.30. The fourth-order valence-corrected chi connectivity index (χ4v) is 2.27. The van der Waals surface area contributed by atoms with Gasteiger partial charge >= 0.3 is 11.8 Å². The smallest absolute Gasteiger partial charge is 0.392 e. The molecule has 2 aromatic rings. The van der Waals surface area contributed by atoms with Gasteiger partial charge in [0.05, 0.1) is 0 Å². The molecular weight excluding hydrogens is 270 g/mol. The molecule has 6 nitrogen and oxygen atoms in total. The molecule has 0 spiro atoms. The second kappa shape index (κ2) is 4.24. The Morgan fingerprint density at radius 1 is 1.47 bits per heavy atom. The topological polar surface area (TPSA) is 70.2 Å². The van der Waals surface area contributed by atoms with Crippen molar-refractivity contribution in [3.8, 4) is 17.3 Å². The molecule has 1 unspecified atom stereocenters. The Labute approximate surface area is 113 Å². The first-order chi connectivity index (χ1) is 9.06. The van der Waals surface area contributed by atoms with Gasteiger partial charge in [-0.1, -0.05) is 23.7 Å². The van der Waals surface area contributed by atoms with Crippen molar-refractivity contribution in [2.45, 2.75) is 19.6 Å². The summed E-state index contributed by atoms with van der Waals surface area (Å²) in [5, 5.41) is 11.8. The van der Waals surface area contributed by atoms with E-state index in [1.807, 2.05) is 6.92 Å². The van der Waals surface area contributed by atoms with E-state index in [0.717, 1.165) is 0 Å². The molecule has 0 saturated carbocycles. The van der Waals surface area contributed by atoms with Gasteiger partial charge in [0.2, 0.25) is 0 Å². The second-order valence-electron chi connectivity index (χ2n) is 4.37. The maximum Gasteiger partial charge on any atom is 0.392 e. The number of nitro groups is 1. The molecule has 7 heteroatoms. The third-order valence-electron chi connectivity index (χ3n) is 2.94. The first-order valence-electron chi connectivity index (χ1n) is 5.74. The lowest BCUT2D eigenvalue weighted by atomic mass is 10.1. The van der Waals surface area contributed by atoms with Crippen molar-refractivity contribution < 1.29 is 9.66 Å². The molecule has 2 heterocycles. The van der Waals surface area contributed by atoms with E-state index in [1.54, 1.807) is 24.3 Å². The third kappa shape index (κ3) is 1.94. The molecule has 0 fully saturated rings. The maximum atomic E-state index is 11.3. The van der Waals surface area contributed by atoms with E-state index in [-0.39, 0.29) is 11.9 Å². The van der Waals surface area contributed by atoms with E-state index in [9.17, 15) is 10.1 Å². The van der Waals surface area contributed by atoms with Gasteiger partial charge in [0, 0.05) is 10.6 Å². The number of fused-ring (bicyclic) bond motifs is 1. The van der Waals surface area contributed by atoms with Gasteiger partial charge in [-0.05, 0) is 24.0 Å². The van der Waals surface area contributed by atoms with E-state index in [2.05, 4.69) is 4.98 Å². The number of halogens is 1. The van der Waals surface area contributed by atoms with Crippen LogP contribution in [0.25, 0.3) is 11.3 Å². The Bertz CT molecular complexity index is 651. The molecule has 0 saturated heterocycles. The summed E-state index contributed by atoms with van der Waals surface area (Å²) < 4.78 is 6.94. The summed E-state index contributed by atoms with van der Waals surface area (Å²) in [6.45, 7) is 2.28. The van der Waals surface area contributed by atoms with Crippen LogP contribution in [0.4, 0.5) is 5.82 Å². The summed E-state index contributed by atoms with van der Waals surface area (Å²) >= 11 is 5.81. The van der Waals surface area contributed by atoms with E-state index >= 15 is 0 Å². The van der Waals surface area contributed by atoms with Crippen molar-refractivity contribution in [2.75, 3.05) is 0 Å². The lowest BCUT2D eigenvalue weighted by Crippen LogP contribution is -2.10. The van der Waals surface area contributed by atoms with Crippen LogP contribution >= 0.6 is 11.6 Å². The lowest BCUT2D eigenvalue weighted by molar-refractivity contribution is -0.391. The zero-order valence-corrected chi connectivity index (χ0v) is 10.8. The van der Waals surface area contributed by atoms with Crippen molar-refractivity contribution in [3.05, 3.63) is 39.4 Å². The molecule has 1 aromatic heterocycles. The average Bonchev–Trinajstić information content (AvgIpc) is 2.85. The molecule has 0 bridgehead atoms. The number of rotatable bonds is 2. The van der Waals surface area contributed by atoms with E-state index in [1.165, 1.54) is 4.57 Å². The number of benzene rings is 1. The minimum Gasteiger partial charge on any atom is -0.440 e. The van der Waals surface area contributed by atoms with Crippen molar-refractivity contribution >= 4 is 17.4 Å². The van der Waals surface area contributed by atoms with Crippen LogP contribution in [0.15, 0.2) is 24.3 Å². The normalized spacial score (nSPS) is 17.1. The van der Waals surface area contributed by atoms with Crippen LogP contribution in [0.3, 0.4) is 0 Å². The Kier molecular flexibility index (Phi) is 2.67. The average molecular weight is 280 g/mol. The van der Waals surface area contributed by atoms with Crippen LogP contribution in [0.2, 0.25) is 5.02 Å². The van der Waals surface area contributed by atoms with Crippen LogP contribution in [-0.2, 0) is 6.54 Å². The molecule has 1 aliphatic heterocycles. The molecule has 0 aliphatic carbocycles. The van der Waals surface area contributed by atoms with Gasteiger partial charge < -0.3 is 14.9 Å². The predicted octanol–water partition coefficient (Wildman–Crippen LogP) is 2.89. The van der Waals surface area contributed by atoms with Gasteiger partial charge in [0.1, 0.15) is 12.6 Å². The molecule has 0 radical (unpaired) electrons. The zero-order valence-electron chi connectivity index (χ0n) is 10.0. The predicted molar refractivity (Wildman–Crippen MR) is 69.4 cm³/mol. The molecule has 0 N–H and O–H groups in total.